The van der Waals surface area contributed by atoms with E-state index in [2.05, 4.69) is 10.4 Å². The molecule has 1 N–H and O–H groups in total. The largest absolute Gasteiger partial charge is 0.438 e. The summed E-state index contributed by atoms with van der Waals surface area (Å²) >= 11 is 6.09. The zero-order chi connectivity index (χ0) is 22.0. The zero-order valence-electron chi connectivity index (χ0n) is 15.7. The highest BCUT2D eigenvalue weighted by atomic mass is 35.5. The van der Waals surface area contributed by atoms with Crippen molar-refractivity contribution < 1.29 is 19.2 Å². The minimum absolute atomic E-state index is 0.0979. The molecule has 0 spiro atoms. The van der Waals surface area contributed by atoms with Crippen molar-refractivity contribution in [3.8, 4) is 11.6 Å². The Kier molecular flexibility index (Phi) is 5.33. The van der Waals surface area contributed by atoms with Crippen LogP contribution in [0.2, 0.25) is 5.02 Å². The second-order valence-electron chi connectivity index (χ2n) is 6.37. The van der Waals surface area contributed by atoms with Crippen LogP contribution in [0.1, 0.15) is 5.56 Å². The van der Waals surface area contributed by atoms with E-state index in [0.717, 1.165) is 11.2 Å². The van der Waals surface area contributed by atoms with Crippen LogP contribution in [0.15, 0.2) is 72.4 Å². The number of nitrogens with zero attached hydrogens (tertiary/aromatic N) is 3. The van der Waals surface area contributed by atoms with E-state index in [-0.39, 0.29) is 22.9 Å². The molecule has 2 heterocycles. The molecule has 2 amide bonds. The highest BCUT2D eigenvalue weighted by Crippen LogP contribution is 2.31. The molecule has 3 aromatic rings. The predicted octanol–water partition coefficient (Wildman–Crippen LogP) is 3.90. The normalized spacial score (nSPS) is 14.6. The van der Waals surface area contributed by atoms with Crippen LogP contribution in [-0.4, -0.2) is 21.7 Å². The van der Waals surface area contributed by atoms with Crippen LogP contribution in [0.4, 0.5) is 11.4 Å². The first-order valence-corrected chi connectivity index (χ1v) is 9.30. The molecular weight excluding hydrogens is 424 g/mol. The minimum atomic E-state index is -0.576. The molecule has 1 aromatic heterocycles. The number of nitrogens with one attached hydrogen (secondary N) is 1. The first kappa shape index (κ1) is 20.0. The Morgan fingerprint density at radius 1 is 1.10 bits per heavy atom. The van der Waals surface area contributed by atoms with Crippen molar-refractivity contribution >= 4 is 40.9 Å². The SMILES string of the molecule is O=C1NN(c2ccccc2)C(=O)/C1=C\c1cc(Cl)ccc1Oc1ccc([N+](=O)[O-])cn1. The summed E-state index contributed by atoms with van der Waals surface area (Å²) in [6, 6.07) is 15.9. The van der Waals surface area contributed by atoms with Crippen molar-refractivity contribution in [1.82, 2.24) is 10.4 Å². The molecule has 1 fully saturated rings. The van der Waals surface area contributed by atoms with Gasteiger partial charge in [-0.15, -0.1) is 0 Å². The van der Waals surface area contributed by atoms with E-state index in [4.69, 9.17) is 16.3 Å². The van der Waals surface area contributed by atoms with Crippen LogP contribution in [0.5, 0.6) is 11.6 Å². The maximum absolute atomic E-state index is 12.8. The summed E-state index contributed by atoms with van der Waals surface area (Å²) in [6.45, 7) is 0. The van der Waals surface area contributed by atoms with Crippen LogP contribution < -0.4 is 15.2 Å². The Hall–Kier alpha value is -4.24. The fraction of sp³-hybridized carbons (Fsp3) is 0. The zero-order valence-corrected chi connectivity index (χ0v) is 16.4. The van der Waals surface area contributed by atoms with E-state index < -0.39 is 16.7 Å². The molecule has 1 aliphatic rings. The van der Waals surface area contributed by atoms with E-state index >= 15 is 0 Å². The van der Waals surface area contributed by atoms with Gasteiger partial charge in [-0.25, -0.2) is 9.99 Å². The number of rotatable bonds is 5. The summed E-state index contributed by atoms with van der Waals surface area (Å²) in [4.78, 5) is 39.3. The number of hydrogen-bond acceptors (Lipinski definition) is 6. The van der Waals surface area contributed by atoms with Gasteiger partial charge in [0, 0.05) is 22.7 Å². The molecule has 31 heavy (non-hydrogen) atoms. The Bertz CT molecular complexity index is 1210. The van der Waals surface area contributed by atoms with Gasteiger partial charge in [-0.2, -0.15) is 0 Å². The average Bonchev–Trinajstić information content (AvgIpc) is 3.05. The number of pyridine rings is 1. The average molecular weight is 437 g/mol. The van der Waals surface area contributed by atoms with Crippen molar-refractivity contribution in [1.29, 1.82) is 0 Å². The van der Waals surface area contributed by atoms with Gasteiger partial charge in [0.25, 0.3) is 17.5 Å². The number of aromatic nitrogens is 1. The molecule has 0 saturated carbocycles. The lowest BCUT2D eigenvalue weighted by molar-refractivity contribution is -0.385. The lowest BCUT2D eigenvalue weighted by Crippen LogP contribution is -2.35. The lowest BCUT2D eigenvalue weighted by Gasteiger charge is -2.14. The van der Waals surface area contributed by atoms with Crippen LogP contribution >= 0.6 is 11.6 Å². The van der Waals surface area contributed by atoms with Crippen LogP contribution in [-0.2, 0) is 9.59 Å². The Labute approximate surface area is 180 Å². The molecule has 0 unspecified atom stereocenters. The van der Waals surface area contributed by atoms with Gasteiger partial charge in [0.15, 0.2) is 0 Å². The number of hydrazine groups is 1. The smallest absolute Gasteiger partial charge is 0.287 e. The number of anilines is 1. The number of para-hydroxylation sites is 1. The second-order valence-corrected chi connectivity index (χ2v) is 6.81. The molecule has 9 nitrogen and oxygen atoms in total. The highest BCUT2D eigenvalue weighted by Gasteiger charge is 2.34. The Balaban J connectivity index is 1.66. The molecule has 0 radical (unpaired) electrons. The number of hydrogen-bond donors (Lipinski definition) is 1. The highest BCUT2D eigenvalue weighted by molar-refractivity contribution is 6.32. The quantitative estimate of drug-likeness (QED) is 0.281. The summed E-state index contributed by atoms with van der Waals surface area (Å²) in [5.41, 5.74) is 3.11. The molecule has 0 aliphatic carbocycles. The van der Waals surface area contributed by atoms with Crippen molar-refractivity contribution in [2.45, 2.75) is 0 Å². The summed E-state index contributed by atoms with van der Waals surface area (Å²) in [7, 11) is 0. The van der Waals surface area contributed by atoms with E-state index in [1.54, 1.807) is 42.5 Å². The monoisotopic (exact) mass is 436 g/mol. The standard InChI is InChI=1S/C21H13ClN4O5/c22-14-6-8-18(31-19-9-7-16(12-23-19)26(29)30)13(10-14)11-17-20(27)24-25(21(17)28)15-4-2-1-3-5-15/h1-12H,(H,24,27)/b17-11-. The summed E-state index contributed by atoms with van der Waals surface area (Å²) in [6.07, 6.45) is 2.43. The minimum Gasteiger partial charge on any atom is -0.438 e. The van der Waals surface area contributed by atoms with Gasteiger partial charge in [0.05, 0.1) is 10.6 Å². The molecule has 4 rings (SSSR count). The van der Waals surface area contributed by atoms with Gasteiger partial charge in [-0.1, -0.05) is 29.8 Å². The van der Waals surface area contributed by atoms with Crippen LogP contribution in [0.25, 0.3) is 6.08 Å². The first-order valence-electron chi connectivity index (χ1n) is 8.92. The number of ether oxygens (including phenoxy) is 1. The summed E-state index contributed by atoms with van der Waals surface area (Å²) < 4.78 is 5.70. The number of carbonyl (C=O) groups is 2. The van der Waals surface area contributed by atoms with Gasteiger partial charge in [0.2, 0.25) is 5.88 Å². The molecule has 0 atom stereocenters. The van der Waals surface area contributed by atoms with Crippen molar-refractivity contribution in [3.05, 3.63) is 93.1 Å². The predicted molar refractivity (Wildman–Crippen MR) is 112 cm³/mol. The van der Waals surface area contributed by atoms with Crippen LogP contribution in [0.3, 0.4) is 0 Å². The molecule has 0 bridgehead atoms. The Morgan fingerprint density at radius 3 is 2.55 bits per heavy atom. The van der Waals surface area contributed by atoms with Crippen molar-refractivity contribution in [2.24, 2.45) is 0 Å². The number of carbonyl (C=O) groups excluding carboxylic acids is 2. The van der Waals surface area contributed by atoms with Gasteiger partial charge in [0.1, 0.15) is 17.5 Å². The second kappa shape index (κ2) is 8.25. The van der Waals surface area contributed by atoms with Crippen molar-refractivity contribution in [3.63, 3.8) is 0 Å². The van der Waals surface area contributed by atoms with E-state index in [1.807, 2.05) is 0 Å². The number of halogens is 1. The number of nitro groups is 1. The molecule has 1 aliphatic heterocycles. The van der Waals surface area contributed by atoms with E-state index in [9.17, 15) is 19.7 Å². The summed E-state index contributed by atoms with van der Waals surface area (Å²) in [5, 5.41) is 12.3. The third kappa shape index (κ3) is 4.21. The molecule has 1 saturated heterocycles. The van der Waals surface area contributed by atoms with E-state index in [1.165, 1.54) is 24.3 Å². The fourth-order valence-electron chi connectivity index (χ4n) is 2.85. The molecule has 2 aromatic carbocycles. The van der Waals surface area contributed by atoms with Gasteiger partial charge < -0.3 is 4.74 Å². The third-order valence-electron chi connectivity index (χ3n) is 4.32. The topological polar surface area (TPSA) is 115 Å². The van der Waals surface area contributed by atoms with Crippen molar-refractivity contribution in [2.75, 3.05) is 5.01 Å². The summed E-state index contributed by atoms with van der Waals surface area (Å²) in [5.74, 6) is -0.749. The number of amides is 2. The van der Waals surface area contributed by atoms with Crippen LogP contribution in [0, 0.1) is 10.1 Å². The van der Waals surface area contributed by atoms with Gasteiger partial charge in [-0.3, -0.25) is 25.1 Å². The fourth-order valence-corrected chi connectivity index (χ4v) is 3.03. The molecular formula is C21H13ClN4O5. The third-order valence-corrected chi connectivity index (χ3v) is 4.56. The maximum Gasteiger partial charge on any atom is 0.287 e. The van der Waals surface area contributed by atoms with Gasteiger partial charge in [-0.05, 0) is 36.4 Å². The lowest BCUT2D eigenvalue weighted by atomic mass is 10.1. The maximum atomic E-state index is 12.8. The first-order chi connectivity index (χ1) is 14.9. The molecule has 154 valence electrons. The van der Waals surface area contributed by atoms with Gasteiger partial charge >= 0.3 is 0 Å². The van der Waals surface area contributed by atoms with E-state index in [0.29, 0.717) is 16.3 Å². The number of benzene rings is 2. The molecule has 10 heteroatoms. The Morgan fingerprint density at radius 2 is 1.87 bits per heavy atom.